The molecule has 0 spiro atoms. The molecular formula is C8H14N4. The minimum absolute atomic E-state index is 0.470. The average molecular weight is 166 g/mol. The maximum absolute atomic E-state index is 5.40. The molecule has 0 fully saturated rings. The Balaban J connectivity index is 2.58. The lowest BCUT2D eigenvalue weighted by atomic mass is 10.3. The second kappa shape index (κ2) is 4.01. The van der Waals surface area contributed by atoms with Crippen LogP contribution in [0.1, 0.15) is 12.6 Å². The van der Waals surface area contributed by atoms with Crippen LogP contribution in [0.5, 0.6) is 0 Å². The first-order valence-electron chi connectivity index (χ1n) is 3.99. The van der Waals surface area contributed by atoms with Crippen LogP contribution in [0.2, 0.25) is 0 Å². The fourth-order valence-corrected chi connectivity index (χ4v) is 0.843. The van der Waals surface area contributed by atoms with Gasteiger partial charge in [-0.3, -0.25) is 0 Å². The standard InChI is InChI=1S/C8H14N4/c1-3-12(2)6-7-4-5-8(9)11-10-7/h4-5H,3,6H2,1-2H3,(H2,9,11). The highest BCUT2D eigenvalue weighted by molar-refractivity contribution is 5.25. The number of anilines is 1. The van der Waals surface area contributed by atoms with Gasteiger partial charge in [-0.25, -0.2) is 0 Å². The second-order valence-corrected chi connectivity index (χ2v) is 2.78. The molecule has 12 heavy (non-hydrogen) atoms. The van der Waals surface area contributed by atoms with E-state index in [9.17, 15) is 0 Å². The number of nitrogens with zero attached hydrogens (tertiary/aromatic N) is 3. The van der Waals surface area contributed by atoms with E-state index in [0.717, 1.165) is 18.8 Å². The third-order valence-corrected chi connectivity index (χ3v) is 1.71. The molecule has 1 heterocycles. The zero-order valence-electron chi connectivity index (χ0n) is 7.49. The van der Waals surface area contributed by atoms with Crippen molar-refractivity contribution in [3.63, 3.8) is 0 Å². The Morgan fingerprint density at radius 2 is 2.17 bits per heavy atom. The number of nitrogen functional groups attached to an aromatic ring is 1. The highest BCUT2D eigenvalue weighted by Gasteiger charge is 1.98. The molecule has 0 aromatic carbocycles. The van der Waals surface area contributed by atoms with Crippen LogP contribution in [0.3, 0.4) is 0 Å². The molecule has 0 unspecified atom stereocenters. The number of aromatic nitrogens is 2. The predicted molar refractivity (Wildman–Crippen MR) is 48.5 cm³/mol. The van der Waals surface area contributed by atoms with Crippen molar-refractivity contribution in [2.75, 3.05) is 19.3 Å². The lowest BCUT2D eigenvalue weighted by Crippen LogP contribution is -2.17. The van der Waals surface area contributed by atoms with Crippen molar-refractivity contribution in [2.45, 2.75) is 13.5 Å². The van der Waals surface area contributed by atoms with Crippen LogP contribution in [-0.4, -0.2) is 28.7 Å². The van der Waals surface area contributed by atoms with Gasteiger partial charge >= 0.3 is 0 Å². The summed E-state index contributed by atoms with van der Waals surface area (Å²) in [7, 11) is 2.04. The van der Waals surface area contributed by atoms with Crippen molar-refractivity contribution in [3.8, 4) is 0 Å². The molecule has 0 atom stereocenters. The third-order valence-electron chi connectivity index (χ3n) is 1.71. The first-order valence-corrected chi connectivity index (χ1v) is 3.99. The Morgan fingerprint density at radius 1 is 1.42 bits per heavy atom. The molecule has 0 aliphatic heterocycles. The van der Waals surface area contributed by atoms with E-state index in [1.807, 2.05) is 13.1 Å². The maximum atomic E-state index is 5.40. The largest absolute Gasteiger partial charge is 0.382 e. The number of rotatable bonds is 3. The van der Waals surface area contributed by atoms with Gasteiger partial charge in [-0.15, -0.1) is 5.10 Å². The number of hydrogen-bond donors (Lipinski definition) is 1. The van der Waals surface area contributed by atoms with E-state index in [0.29, 0.717) is 5.82 Å². The van der Waals surface area contributed by atoms with Crippen LogP contribution in [-0.2, 0) is 6.54 Å². The van der Waals surface area contributed by atoms with E-state index in [1.54, 1.807) is 6.07 Å². The Kier molecular flexibility index (Phi) is 2.99. The van der Waals surface area contributed by atoms with E-state index >= 15 is 0 Å². The van der Waals surface area contributed by atoms with Gasteiger partial charge in [0.15, 0.2) is 0 Å². The van der Waals surface area contributed by atoms with E-state index < -0.39 is 0 Å². The second-order valence-electron chi connectivity index (χ2n) is 2.78. The van der Waals surface area contributed by atoms with Crippen LogP contribution >= 0.6 is 0 Å². The fourth-order valence-electron chi connectivity index (χ4n) is 0.843. The third kappa shape index (κ3) is 2.47. The van der Waals surface area contributed by atoms with Gasteiger partial charge in [-0.2, -0.15) is 5.10 Å². The quantitative estimate of drug-likeness (QED) is 0.711. The first kappa shape index (κ1) is 8.93. The minimum atomic E-state index is 0.470. The van der Waals surface area contributed by atoms with Gasteiger partial charge in [0.25, 0.3) is 0 Å². The van der Waals surface area contributed by atoms with Crippen molar-refractivity contribution in [1.29, 1.82) is 0 Å². The molecule has 0 amide bonds. The monoisotopic (exact) mass is 166 g/mol. The molecule has 0 radical (unpaired) electrons. The predicted octanol–water partition coefficient (Wildman–Crippen LogP) is 0.511. The summed E-state index contributed by atoms with van der Waals surface area (Å²) in [6.45, 7) is 3.93. The summed E-state index contributed by atoms with van der Waals surface area (Å²) < 4.78 is 0. The highest BCUT2D eigenvalue weighted by Crippen LogP contribution is 1.99. The van der Waals surface area contributed by atoms with E-state index in [4.69, 9.17) is 5.73 Å². The van der Waals surface area contributed by atoms with Crippen LogP contribution in [0.15, 0.2) is 12.1 Å². The first-order chi connectivity index (χ1) is 5.72. The Labute approximate surface area is 72.4 Å². The maximum Gasteiger partial charge on any atom is 0.146 e. The summed E-state index contributed by atoms with van der Waals surface area (Å²) >= 11 is 0. The van der Waals surface area contributed by atoms with Gasteiger partial charge in [0, 0.05) is 6.54 Å². The van der Waals surface area contributed by atoms with Crippen LogP contribution < -0.4 is 5.73 Å². The Hall–Kier alpha value is -1.16. The molecule has 1 aromatic rings. The van der Waals surface area contributed by atoms with Gasteiger partial charge in [-0.1, -0.05) is 6.92 Å². The van der Waals surface area contributed by atoms with Gasteiger partial charge in [0.05, 0.1) is 5.69 Å². The molecule has 0 aliphatic carbocycles. The van der Waals surface area contributed by atoms with E-state index in [2.05, 4.69) is 22.0 Å². The van der Waals surface area contributed by atoms with Crippen molar-refractivity contribution in [1.82, 2.24) is 15.1 Å². The van der Waals surface area contributed by atoms with E-state index in [1.165, 1.54) is 0 Å². The average Bonchev–Trinajstić information content (AvgIpc) is 2.09. The molecule has 2 N–H and O–H groups in total. The summed E-state index contributed by atoms with van der Waals surface area (Å²) in [5.74, 6) is 0.470. The number of hydrogen-bond acceptors (Lipinski definition) is 4. The topological polar surface area (TPSA) is 55.0 Å². The lowest BCUT2D eigenvalue weighted by molar-refractivity contribution is 0.340. The molecule has 0 aliphatic rings. The van der Waals surface area contributed by atoms with Gasteiger partial charge in [-0.05, 0) is 25.7 Å². The molecule has 4 nitrogen and oxygen atoms in total. The molecule has 4 heteroatoms. The highest BCUT2D eigenvalue weighted by atomic mass is 15.2. The van der Waals surface area contributed by atoms with Gasteiger partial charge in [0.1, 0.15) is 5.82 Å². The zero-order valence-corrected chi connectivity index (χ0v) is 7.49. The SMILES string of the molecule is CCN(C)Cc1ccc(N)nn1. The molecule has 66 valence electrons. The molecule has 0 saturated carbocycles. The molecule has 0 saturated heterocycles. The lowest BCUT2D eigenvalue weighted by Gasteiger charge is -2.11. The Morgan fingerprint density at radius 3 is 2.67 bits per heavy atom. The van der Waals surface area contributed by atoms with Crippen molar-refractivity contribution in [2.24, 2.45) is 0 Å². The van der Waals surface area contributed by atoms with Gasteiger partial charge in [0.2, 0.25) is 0 Å². The smallest absolute Gasteiger partial charge is 0.146 e. The van der Waals surface area contributed by atoms with Crippen LogP contribution in [0, 0.1) is 0 Å². The summed E-state index contributed by atoms with van der Waals surface area (Å²) in [4.78, 5) is 2.15. The molecular weight excluding hydrogens is 152 g/mol. The minimum Gasteiger partial charge on any atom is -0.382 e. The summed E-state index contributed by atoms with van der Waals surface area (Å²) in [5, 5.41) is 7.72. The Bertz CT molecular complexity index is 231. The molecule has 1 aromatic heterocycles. The summed E-state index contributed by atoms with van der Waals surface area (Å²) in [6.07, 6.45) is 0. The number of nitrogens with two attached hydrogens (primary N) is 1. The van der Waals surface area contributed by atoms with E-state index in [-0.39, 0.29) is 0 Å². The molecule has 0 bridgehead atoms. The van der Waals surface area contributed by atoms with Gasteiger partial charge < -0.3 is 10.6 Å². The van der Waals surface area contributed by atoms with Crippen LogP contribution in [0.25, 0.3) is 0 Å². The van der Waals surface area contributed by atoms with Crippen molar-refractivity contribution in [3.05, 3.63) is 17.8 Å². The normalized spacial score (nSPS) is 10.6. The summed E-state index contributed by atoms with van der Waals surface area (Å²) in [6, 6.07) is 3.67. The fraction of sp³-hybridized carbons (Fsp3) is 0.500. The van der Waals surface area contributed by atoms with Crippen molar-refractivity contribution >= 4 is 5.82 Å². The van der Waals surface area contributed by atoms with Crippen molar-refractivity contribution < 1.29 is 0 Å². The zero-order chi connectivity index (χ0) is 8.97. The molecule has 1 rings (SSSR count). The summed E-state index contributed by atoms with van der Waals surface area (Å²) in [5.41, 5.74) is 6.36. The van der Waals surface area contributed by atoms with Crippen LogP contribution in [0.4, 0.5) is 5.82 Å².